The topological polar surface area (TPSA) is 88.0 Å². The molecular formula is C18H10N2O2S. The normalized spacial score (nSPS) is 10.2. The van der Waals surface area contributed by atoms with E-state index in [2.05, 4.69) is 0 Å². The van der Waals surface area contributed by atoms with E-state index >= 15 is 0 Å². The zero-order chi connectivity index (χ0) is 16.4. The van der Waals surface area contributed by atoms with Crippen molar-refractivity contribution in [2.75, 3.05) is 0 Å². The van der Waals surface area contributed by atoms with Gasteiger partial charge in [-0.05, 0) is 22.9 Å². The Kier molecular flexibility index (Phi) is 3.80. The van der Waals surface area contributed by atoms with E-state index in [1.54, 1.807) is 0 Å². The molecule has 0 unspecified atom stereocenters. The van der Waals surface area contributed by atoms with E-state index in [1.807, 2.05) is 54.6 Å². The molecule has 4 nitrogen and oxygen atoms in total. The minimum Gasteiger partial charge on any atom is -0.506 e. The maximum Gasteiger partial charge on any atom is 0.138 e. The highest BCUT2D eigenvalue weighted by Gasteiger charge is 2.19. The molecule has 0 amide bonds. The third-order valence-electron chi connectivity index (χ3n) is 3.40. The van der Waals surface area contributed by atoms with Gasteiger partial charge in [0.1, 0.15) is 34.8 Å². The Morgan fingerprint density at radius 3 is 2.00 bits per heavy atom. The van der Waals surface area contributed by atoms with Crippen LogP contribution in [-0.2, 0) is 0 Å². The first-order valence-corrected chi connectivity index (χ1v) is 7.51. The van der Waals surface area contributed by atoms with Crippen molar-refractivity contribution in [3.8, 4) is 23.6 Å². The molecule has 0 fully saturated rings. The van der Waals surface area contributed by atoms with E-state index in [-0.39, 0.29) is 27.5 Å². The van der Waals surface area contributed by atoms with Gasteiger partial charge in [0.05, 0.1) is 4.90 Å². The average Bonchev–Trinajstić information content (AvgIpc) is 2.55. The molecule has 2 N–H and O–H groups in total. The first kappa shape index (κ1) is 14.8. The van der Waals surface area contributed by atoms with Crippen LogP contribution in [0.5, 0.6) is 11.5 Å². The van der Waals surface area contributed by atoms with E-state index in [0.717, 1.165) is 21.7 Å². The Balaban J connectivity index is 2.15. The van der Waals surface area contributed by atoms with Crippen molar-refractivity contribution in [2.24, 2.45) is 0 Å². The third kappa shape index (κ3) is 2.66. The highest BCUT2D eigenvalue weighted by Crippen LogP contribution is 2.41. The predicted octanol–water partition coefficient (Wildman–Crippen LogP) is 4.15. The molecular weight excluding hydrogens is 308 g/mol. The quantitative estimate of drug-likeness (QED) is 0.741. The number of nitriles is 2. The van der Waals surface area contributed by atoms with Crippen LogP contribution in [0.4, 0.5) is 0 Å². The third-order valence-corrected chi connectivity index (χ3v) is 4.51. The van der Waals surface area contributed by atoms with Gasteiger partial charge in [0.15, 0.2) is 0 Å². The molecule has 3 aromatic carbocycles. The summed E-state index contributed by atoms with van der Waals surface area (Å²) in [5.41, 5.74) is -0.0324. The van der Waals surface area contributed by atoms with Crippen molar-refractivity contribution < 1.29 is 10.2 Å². The lowest BCUT2D eigenvalue weighted by molar-refractivity contribution is 0.445. The van der Waals surface area contributed by atoms with Crippen LogP contribution < -0.4 is 0 Å². The van der Waals surface area contributed by atoms with Gasteiger partial charge in [0.25, 0.3) is 0 Å². The van der Waals surface area contributed by atoms with E-state index < -0.39 is 0 Å². The number of phenolic OH excluding ortho intramolecular Hbond substituents is 2. The van der Waals surface area contributed by atoms with Crippen molar-refractivity contribution in [3.63, 3.8) is 0 Å². The van der Waals surface area contributed by atoms with Gasteiger partial charge in [-0.15, -0.1) is 0 Å². The summed E-state index contributed by atoms with van der Waals surface area (Å²) in [7, 11) is 0. The number of rotatable bonds is 2. The van der Waals surface area contributed by atoms with Crippen LogP contribution in [-0.4, -0.2) is 10.2 Å². The first-order valence-electron chi connectivity index (χ1n) is 6.70. The fourth-order valence-electron chi connectivity index (χ4n) is 2.30. The maximum atomic E-state index is 9.84. The molecule has 0 atom stereocenters. The molecule has 0 saturated carbocycles. The van der Waals surface area contributed by atoms with Crippen LogP contribution in [0.25, 0.3) is 10.8 Å². The van der Waals surface area contributed by atoms with E-state index in [9.17, 15) is 20.7 Å². The fraction of sp³-hybridized carbons (Fsp3) is 0. The number of fused-ring (bicyclic) bond motifs is 1. The number of aromatic hydroxyl groups is 2. The molecule has 0 saturated heterocycles. The molecule has 0 aromatic heterocycles. The summed E-state index contributed by atoms with van der Waals surface area (Å²) in [4.78, 5) is 1.06. The van der Waals surface area contributed by atoms with Gasteiger partial charge in [-0.2, -0.15) is 10.5 Å². The van der Waals surface area contributed by atoms with Crippen molar-refractivity contribution in [1.82, 2.24) is 0 Å². The molecule has 3 rings (SSSR count). The Bertz CT molecular complexity index is 962. The number of phenols is 2. The maximum absolute atomic E-state index is 9.84. The molecule has 0 aliphatic carbocycles. The predicted molar refractivity (Wildman–Crippen MR) is 87.3 cm³/mol. The van der Waals surface area contributed by atoms with Gasteiger partial charge < -0.3 is 10.2 Å². The van der Waals surface area contributed by atoms with E-state index in [4.69, 9.17) is 0 Å². The number of hydrogen-bond acceptors (Lipinski definition) is 5. The van der Waals surface area contributed by atoms with Gasteiger partial charge in [-0.1, -0.05) is 42.1 Å². The Morgan fingerprint density at radius 2 is 1.39 bits per heavy atom. The van der Waals surface area contributed by atoms with Crippen LogP contribution in [0.1, 0.15) is 11.1 Å². The highest BCUT2D eigenvalue weighted by molar-refractivity contribution is 7.99. The van der Waals surface area contributed by atoms with E-state index in [0.29, 0.717) is 0 Å². The molecule has 0 aliphatic rings. The first-order chi connectivity index (χ1) is 11.1. The summed E-state index contributed by atoms with van der Waals surface area (Å²) in [6.45, 7) is 0. The van der Waals surface area contributed by atoms with Crippen molar-refractivity contribution in [1.29, 1.82) is 10.5 Å². The zero-order valence-corrected chi connectivity index (χ0v) is 12.6. The monoisotopic (exact) mass is 318 g/mol. The molecule has 0 aliphatic heterocycles. The minimum absolute atomic E-state index is 0.0162. The second-order valence-electron chi connectivity index (χ2n) is 4.83. The van der Waals surface area contributed by atoms with Crippen molar-refractivity contribution in [3.05, 3.63) is 59.7 Å². The van der Waals surface area contributed by atoms with Gasteiger partial charge >= 0.3 is 0 Å². The van der Waals surface area contributed by atoms with Gasteiger partial charge in [0, 0.05) is 11.0 Å². The number of hydrogen-bond donors (Lipinski definition) is 2. The number of nitrogens with zero attached hydrogens (tertiary/aromatic N) is 2. The van der Waals surface area contributed by atoms with Crippen LogP contribution >= 0.6 is 11.8 Å². The van der Waals surface area contributed by atoms with Gasteiger partial charge in [0.2, 0.25) is 0 Å². The fourth-order valence-corrected chi connectivity index (χ4v) is 3.36. The lowest BCUT2D eigenvalue weighted by Crippen LogP contribution is -1.90. The second kappa shape index (κ2) is 5.92. The summed E-state index contributed by atoms with van der Waals surface area (Å²) in [6, 6.07) is 18.4. The van der Waals surface area contributed by atoms with Crippen molar-refractivity contribution in [2.45, 2.75) is 9.79 Å². The zero-order valence-electron chi connectivity index (χ0n) is 11.8. The lowest BCUT2D eigenvalue weighted by atomic mass is 10.1. The smallest absolute Gasteiger partial charge is 0.138 e. The minimum atomic E-state index is -0.340. The van der Waals surface area contributed by atoms with Gasteiger partial charge in [-0.25, -0.2) is 0 Å². The molecule has 5 heteroatoms. The molecule has 0 spiro atoms. The molecule has 110 valence electrons. The Morgan fingerprint density at radius 1 is 0.783 bits per heavy atom. The molecule has 23 heavy (non-hydrogen) atoms. The molecule has 0 bridgehead atoms. The van der Waals surface area contributed by atoms with Crippen LogP contribution in [0.2, 0.25) is 0 Å². The summed E-state index contributed by atoms with van der Waals surface area (Å²) in [5, 5.41) is 40.3. The lowest BCUT2D eigenvalue weighted by Gasteiger charge is -2.10. The van der Waals surface area contributed by atoms with E-state index in [1.165, 1.54) is 11.8 Å². The standard InChI is InChI=1S/C18H10N2O2S/c19-9-14-16(21)8-17(22)15(10-20)18(14)23-13-6-5-11-3-1-2-4-12(11)7-13/h1-8,21-22H. The number of benzene rings is 3. The van der Waals surface area contributed by atoms with Crippen molar-refractivity contribution >= 4 is 22.5 Å². The summed E-state index contributed by atoms with van der Waals surface area (Å²) < 4.78 is 0. The van der Waals surface area contributed by atoms with Crippen LogP contribution in [0.3, 0.4) is 0 Å². The average molecular weight is 318 g/mol. The molecule has 0 radical (unpaired) electrons. The molecule has 0 heterocycles. The van der Waals surface area contributed by atoms with Crippen LogP contribution in [0.15, 0.2) is 58.3 Å². The summed E-state index contributed by atoms with van der Waals surface area (Å²) in [6.07, 6.45) is 0. The Hall–Kier alpha value is -3.15. The second-order valence-corrected chi connectivity index (χ2v) is 5.91. The van der Waals surface area contributed by atoms with Gasteiger partial charge in [-0.3, -0.25) is 0 Å². The Labute approximate surface area is 136 Å². The summed E-state index contributed by atoms with van der Waals surface area (Å²) >= 11 is 1.17. The highest BCUT2D eigenvalue weighted by atomic mass is 32.2. The largest absolute Gasteiger partial charge is 0.506 e. The SMILES string of the molecule is N#Cc1c(O)cc(O)c(C#N)c1Sc1ccc2ccccc2c1. The van der Waals surface area contributed by atoms with Crippen LogP contribution in [0, 0.1) is 22.7 Å². The summed E-state index contributed by atoms with van der Waals surface area (Å²) in [5.74, 6) is -0.681. The molecule has 3 aromatic rings.